The van der Waals surface area contributed by atoms with Crippen LogP contribution in [-0.4, -0.2) is 20.7 Å². The molecule has 0 fully saturated rings. The zero-order chi connectivity index (χ0) is 21.9. The van der Waals surface area contributed by atoms with E-state index < -0.39 is 0 Å². The number of ether oxygens (including phenoxy) is 1. The Bertz CT molecular complexity index is 1370. The van der Waals surface area contributed by atoms with Crippen LogP contribution in [0, 0.1) is 6.92 Å². The number of aryl methyl sites for hydroxylation is 1. The highest BCUT2D eigenvalue weighted by Crippen LogP contribution is 2.28. The average molecular weight is 424 g/mol. The number of furan rings is 1. The lowest BCUT2D eigenvalue weighted by molar-refractivity contribution is 0.0994. The number of para-hydroxylation sites is 2. The molecule has 1 N–H and O–H groups in total. The summed E-state index contributed by atoms with van der Waals surface area (Å²) in [5, 5.41) is 8.21. The van der Waals surface area contributed by atoms with Crippen molar-refractivity contribution >= 4 is 22.7 Å². The number of pyridine rings is 1. The van der Waals surface area contributed by atoms with E-state index in [1.165, 1.54) is 0 Å². The molecule has 0 unspecified atom stereocenters. The number of hydrogen-bond donors (Lipinski definition) is 1. The smallest absolute Gasteiger partial charge is 0.292 e. The minimum atomic E-state index is -0.384. The van der Waals surface area contributed by atoms with E-state index in [0.717, 1.165) is 11.1 Å². The fourth-order valence-electron chi connectivity index (χ4n) is 3.51. The summed E-state index contributed by atoms with van der Waals surface area (Å²) in [6.07, 6.45) is 1.68. The van der Waals surface area contributed by atoms with Gasteiger partial charge in [0, 0.05) is 23.2 Å². The number of aromatic nitrogens is 3. The van der Waals surface area contributed by atoms with Gasteiger partial charge < -0.3 is 14.5 Å². The van der Waals surface area contributed by atoms with Gasteiger partial charge in [-0.25, -0.2) is 4.98 Å². The van der Waals surface area contributed by atoms with Crippen LogP contribution in [-0.2, 0) is 6.61 Å². The van der Waals surface area contributed by atoms with Gasteiger partial charge in [0.05, 0.1) is 5.69 Å². The zero-order valence-electron chi connectivity index (χ0n) is 17.4. The molecule has 0 aliphatic carbocycles. The van der Waals surface area contributed by atoms with Crippen LogP contribution in [0.5, 0.6) is 5.75 Å². The summed E-state index contributed by atoms with van der Waals surface area (Å²) in [5.74, 6) is 1.64. The van der Waals surface area contributed by atoms with Crippen LogP contribution < -0.4 is 10.1 Å². The van der Waals surface area contributed by atoms with E-state index >= 15 is 0 Å². The van der Waals surface area contributed by atoms with Crippen molar-refractivity contribution in [2.45, 2.75) is 13.5 Å². The Balaban J connectivity index is 1.48. The van der Waals surface area contributed by atoms with Crippen LogP contribution in [0.25, 0.3) is 16.8 Å². The maximum absolute atomic E-state index is 13.3. The van der Waals surface area contributed by atoms with Crippen molar-refractivity contribution in [3.8, 4) is 11.6 Å². The number of hydrogen-bond acceptors (Lipinski definition) is 5. The van der Waals surface area contributed by atoms with Crippen LogP contribution in [0.1, 0.15) is 21.8 Å². The van der Waals surface area contributed by atoms with E-state index in [1.54, 1.807) is 16.9 Å². The molecular weight excluding hydrogens is 404 g/mol. The lowest BCUT2D eigenvalue weighted by Crippen LogP contribution is -2.17. The molecule has 0 saturated heterocycles. The van der Waals surface area contributed by atoms with Crippen LogP contribution in [0.3, 0.4) is 0 Å². The first-order valence-electron chi connectivity index (χ1n) is 10.2. The molecule has 0 atom stereocenters. The number of amides is 1. The highest BCUT2D eigenvalue weighted by atomic mass is 16.5. The van der Waals surface area contributed by atoms with Gasteiger partial charge in [0.15, 0.2) is 11.6 Å². The highest BCUT2D eigenvalue weighted by molar-refractivity contribution is 6.06. The van der Waals surface area contributed by atoms with Gasteiger partial charge in [-0.3, -0.25) is 4.79 Å². The first-order valence-corrected chi connectivity index (χ1v) is 10.2. The standard InChI is InChI=1S/C25H20N4O3/c1-17-15-23(29(28-17)22-13-7-8-14-26-22)27-25(30)24-20(16-31-18-9-3-2-4-10-18)19-11-5-6-12-21(19)32-24/h2-15H,16H2,1H3,(H,27,30). The summed E-state index contributed by atoms with van der Waals surface area (Å²) in [5.41, 5.74) is 2.06. The number of benzene rings is 2. The Morgan fingerprint density at radius 3 is 2.62 bits per heavy atom. The molecule has 7 heteroatoms. The Labute approximate surface area is 184 Å². The molecule has 3 heterocycles. The third kappa shape index (κ3) is 3.83. The normalized spacial score (nSPS) is 10.9. The van der Waals surface area contributed by atoms with Gasteiger partial charge in [-0.05, 0) is 37.3 Å². The van der Waals surface area contributed by atoms with Crippen molar-refractivity contribution in [2.24, 2.45) is 0 Å². The predicted octanol–water partition coefficient (Wildman–Crippen LogP) is 5.15. The average Bonchev–Trinajstić information content (AvgIpc) is 3.39. The van der Waals surface area contributed by atoms with Crippen LogP contribution >= 0.6 is 0 Å². The molecule has 1 amide bonds. The van der Waals surface area contributed by atoms with Crippen molar-refractivity contribution in [1.82, 2.24) is 14.8 Å². The molecule has 0 aliphatic heterocycles. The number of nitrogens with zero attached hydrogens (tertiary/aromatic N) is 3. The fraction of sp³-hybridized carbons (Fsp3) is 0.0800. The molecule has 0 aliphatic rings. The molecule has 0 saturated carbocycles. The molecule has 3 aromatic heterocycles. The minimum absolute atomic E-state index is 0.197. The molecule has 0 bridgehead atoms. The second-order valence-electron chi connectivity index (χ2n) is 7.23. The summed E-state index contributed by atoms with van der Waals surface area (Å²) in [7, 11) is 0. The lowest BCUT2D eigenvalue weighted by Gasteiger charge is -2.09. The number of anilines is 1. The first-order chi connectivity index (χ1) is 15.7. The molecule has 7 nitrogen and oxygen atoms in total. The van der Waals surface area contributed by atoms with Crippen molar-refractivity contribution < 1.29 is 13.9 Å². The van der Waals surface area contributed by atoms with Crippen LogP contribution in [0.15, 0.2) is 89.5 Å². The molecular formula is C25H20N4O3. The predicted molar refractivity (Wildman–Crippen MR) is 121 cm³/mol. The molecule has 158 valence electrons. The van der Waals surface area contributed by atoms with E-state index in [2.05, 4.69) is 15.4 Å². The number of rotatable bonds is 6. The largest absolute Gasteiger partial charge is 0.489 e. The second kappa shape index (κ2) is 8.39. The summed E-state index contributed by atoms with van der Waals surface area (Å²) in [6, 6.07) is 24.3. The fourth-order valence-corrected chi connectivity index (χ4v) is 3.51. The first kappa shape index (κ1) is 19.6. The van der Waals surface area contributed by atoms with Crippen molar-refractivity contribution in [3.05, 3.63) is 102 Å². The maximum atomic E-state index is 13.3. The Kier molecular flexibility index (Phi) is 5.13. The van der Waals surface area contributed by atoms with Crippen LogP contribution in [0.4, 0.5) is 5.82 Å². The van der Waals surface area contributed by atoms with Gasteiger partial charge in [0.2, 0.25) is 0 Å². The molecule has 32 heavy (non-hydrogen) atoms. The Hall–Kier alpha value is -4.39. The van der Waals surface area contributed by atoms with Crippen LogP contribution in [0.2, 0.25) is 0 Å². The zero-order valence-corrected chi connectivity index (χ0v) is 17.4. The minimum Gasteiger partial charge on any atom is -0.489 e. The van der Waals surface area contributed by atoms with Gasteiger partial charge in [-0.15, -0.1) is 0 Å². The highest BCUT2D eigenvalue weighted by Gasteiger charge is 2.23. The van der Waals surface area contributed by atoms with Gasteiger partial charge in [-0.2, -0.15) is 9.78 Å². The van der Waals surface area contributed by atoms with E-state index in [-0.39, 0.29) is 18.3 Å². The number of fused-ring (bicyclic) bond motifs is 1. The maximum Gasteiger partial charge on any atom is 0.292 e. The molecule has 0 spiro atoms. The van der Waals surface area contributed by atoms with Gasteiger partial charge in [-0.1, -0.05) is 42.5 Å². The number of nitrogens with one attached hydrogen (secondary N) is 1. The van der Waals surface area contributed by atoms with E-state index in [9.17, 15) is 4.79 Å². The summed E-state index contributed by atoms with van der Waals surface area (Å²) in [4.78, 5) is 17.6. The quantitative estimate of drug-likeness (QED) is 0.407. The summed E-state index contributed by atoms with van der Waals surface area (Å²) < 4.78 is 13.5. The Morgan fingerprint density at radius 1 is 1.03 bits per heavy atom. The van der Waals surface area contributed by atoms with Gasteiger partial charge in [0.25, 0.3) is 5.91 Å². The van der Waals surface area contributed by atoms with E-state index in [4.69, 9.17) is 9.15 Å². The number of carbonyl (C=O) groups excluding carboxylic acids is 1. The lowest BCUT2D eigenvalue weighted by atomic mass is 10.1. The molecule has 2 aromatic carbocycles. The number of carbonyl (C=O) groups is 1. The third-order valence-electron chi connectivity index (χ3n) is 4.97. The summed E-state index contributed by atoms with van der Waals surface area (Å²) >= 11 is 0. The molecule has 5 aromatic rings. The molecule has 5 rings (SSSR count). The monoisotopic (exact) mass is 424 g/mol. The van der Waals surface area contributed by atoms with Crippen molar-refractivity contribution in [3.63, 3.8) is 0 Å². The van der Waals surface area contributed by atoms with E-state index in [0.29, 0.717) is 28.5 Å². The van der Waals surface area contributed by atoms with E-state index in [1.807, 2.05) is 79.7 Å². The van der Waals surface area contributed by atoms with Crippen molar-refractivity contribution in [1.29, 1.82) is 0 Å². The summed E-state index contributed by atoms with van der Waals surface area (Å²) in [6.45, 7) is 2.05. The van der Waals surface area contributed by atoms with Gasteiger partial charge >= 0.3 is 0 Å². The van der Waals surface area contributed by atoms with Crippen molar-refractivity contribution in [2.75, 3.05) is 5.32 Å². The SMILES string of the molecule is Cc1cc(NC(=O)c2oc3ccccc3c2COc2ccccc2)n(-c2ccccn2)n1. The Morgan fingerprint density at radius 2 is 1.81 bits per heavy atom. The second-order valence-corrected chi connectivity index (χ2v) is 7.23. The molecule has 0 radical (unpaired) electrons. The topological polar surface area (TPSA) is 82.2 Å². The third-order valence-corrected chi connectivity index (χ3v) is 4.97. The van der Waals surface area contributed by atoms with Gasteiger partial charge in [0.1, 0.15) is 23.8 Å².